The minimum absolute atomic E-state index is 0.0621. The lowest BCUT2D eigenvalue weighted by atomic mass is 10.0. The third-order valence-electron chi connectivity index (χ3n) is 3.83. The molecule has 0 radical (unpaired) electrons. The average molecular weight is 243 g/mol. The van der Waals surface area contributed by atoms with E-state index in [0.717, 1.165) is 39.3 Å². The molecule has 4 heteroatoms. The van der Waals surface area contributed by atoms with Gasteiger partial charge in [-0.25, -0.2) is 0 Å². The van der Waals surface area contributed by atoms with Gasteiger partial charge in [-0.05, 0) is 26.9 Å². The van der Waals surface area contributed by atoms with Gasteiger partial charge in [0.1, 0.15) is 0 Å². The number of nitrogens with two attached hydrogens (primary N) is 1. The minimum Gasteiger partial charge on any atom is -0.374 e. The highest BCUT2D eigenvalue weighted by molar-refractivity contribution is 4.85. The third-order valence-corrected chi connectivity index (χ3v) is 3.83. The number of nitrogens with zero attached hydrogens (tertiary/aromatic N) is 2. The largest absolute Gasteiger partial charge is 0.374 e. The molecule has 1 aliphatic heterocycles. The molecule has 0 bridgehead atoms. The van der Waals surface area contributed by atoms with E-state index >= 15 is 0 Å². The molecular formula is C13H29N3O. The first-order valence-electron chi connectivity index (χ1n) is 6.82. The van der Waals surface area contributed by atoms with Gasteiger partial charge >= 0.3 is 0 Å². The number of morpholine rings is 1. The Bertz CT molecular complexity index is 221. The van der Waals surface area contributed by atoms with E-state index in [1.165, 1.54) is 0 Å². The maximum Gasteiger partial charge on any atom is 0.0829 e. The molecule has 1 heterocycles. The van der Waals surface area contributed by atoms with E-state index in [1.54, 1.807) is 0 Å². The van der Waals surface area contributed by atoms with Crippen molar-refractivity contribution in [3.63, 3.8) is 0 Å². The van der Waals surface area contributed by atoms with Crippen LogP contribution in [0.5, 0.6) is 0 Å². The SMILES string of the molecule is CCN1CCOC(CN(CC)C(C)(C)CN)C1. The summed E-state index contributed by atoms with van der Waals surface area (Å²) in [5.41, 5.74) is 5.91. The molecule has 1 rings (SSSR count). The second-order valence-electron chi connectivity index (χ2n) is 5.44. The molecule has 17 heavy (non-hydrogen) atoms. The maximum atomic E-state index is 5.86. The molecular weight excluding hydrogens is 214 g/mol. The van der Waals surface area contributed by atoms with E-state index < -0.39 is 0 Å². The highest BCUT2D eigenvalue weighted by Gasteiger charge is 2.28. The van der Waals surface area contributed by atoms with Gasteiger partial charge in [-0.3, -0.25) is 9.80 Å². The number of ether oxygens (including phenoxy) is 1. The molecule has 4 nitrogen and oxygen atoms in total. The monoisotopic (exact) mass is 243 g/mol. The van der Waals surface area contributed by atoms with Gasteiger partial charge in [0.15, 0.2) is 0 Å². The van der Waals surface area contributed by atoms with E-state index in [2.05, 4.69) is 37.5 Å². The fourth-order valence-electron chi connectivity index (χ4n) is 2.36. The van der Waals surface area contributed by atoms with Crippen molar-refractivity contribution in [2.75, 3.05) is 45.9 Å². The smallest absolute Gasteiger partial charge is 0.0829 e. The summed E-state index contributed by atoms with van der Waals surface area (Å²) >= 11 is 0. The zero-order chi connectivity index (χ0) is 12.9. The van der Waals surface area contributed by atoms with Gasteiger partial charge in [-0.2, -0.15) is 0 Å². The lowest BCUT2D eigenvalue weighted by Crippen LogP contribution is -2.55. The fourth-order valence-corrected chi connectivity index (χ4v) is 2.36. The van der Waals surface area contributed by atoms with Crippen LogP contribution in [0.4, 0.5) is 0 Å². The normalized spacial score (nSPS) is 23.3. The first kappa shape index (κ1) is 14.9. The molecule has 0 aromatic carbocycles. The highest BCUT2D eigenvalue weighted by atomic mass is 16.5. The van der Waals surface area contributed by atoms with Gasteiger partial charge in [-0.15, -0.1) is 0 Å². The molecule has 0 aromatic heterocycles. The van der Waals surface area contributed by atoms with E-state index in [4.69, 9.17) is 10.5 Å². The summed E-state index contributed by atoms with van der Waals surface area (Å²) in [6.07, 6.45) is 0.328. The summed E-state index contributed by atoms with van der Waals surface area (Å²) < 4.78 is 5.86. The van der Waals surface area contributed by atoms with Crippen molar-refractivity contribution < 1.29 is 4.74 Å². The van der Waals surface area contributed by atoms with Gasteiger partial charge < -0.3 is 10.5 Å². The van der Waals surface area contributed by atoms with Crippen molar-refractivity contribution in [3.8, 4) is 0 Å². The van der Waals surface area contributed by atoms with Crippen LogP contribution < -0.4 is 5.73 Å². The van der Waals surface area contributed by atoms with Crippen molar-refractivity contribution in [2.45, 2.75) is 39.3 Å². The van der Waals surface area contributed by atoms with Crippen LogP contribution in [0.1, 0.15) is 27.7 Å². The Kier molecular flexibility index (Phi) is 5.86. The molecule has 1 atom stereocenters. The molecule has 1 unspecified atom stereocenters. The number of likely N-dealkylation sites (N-methyl/N-ethyl adjacent to an activating group) is 2. The lowest BCUT2D eigenvalue weighted by Gasteiger charge is -2.41. The Balaban J connectivity index is 2.50. The van der Waals surface area contributed by atoms with Crippen LogP contribution >= 0.6 is 0 Å². The van der Waals surface area contributed by atoms with E-state index in [0.29, 0.717) is 12.6 Å². The molecule has 102 valence electrons. The number of hydrogen-bond acceptors (Lipinski definition) is 4. The van der Waals surface area contributed by atoms with Crippen molar-refractivity contribution in [3.05, 3.63) is 0 Å². The van der Waals surface area contributed by atoms with Gasteiger partial charge in [-0.1, -0.05) is 13.8 Å². The topological polar surface area (TPSA) is 41.7 Å². The van der Waals surface area contributed by atoms with Crippen molar-refractivity contribution >= 4 is 0 Å². The average Bonchev–Trinajstić information content (AvgIpc) is 2.36. The second kappa shape index (κ2) is 6.69. The Labute approximate surface area is 106 Å². The summed E-state index contributed by atoms with van der Waals surface area (Å²) in [6.45, 7) is 15.6. The second-order valence-corrected chi connectivity index (χ2v) is 5.44. The van der Waals surface area contributed by atoms with Crippen LogP contribution in [0.25, 0.3) is 0 Å². The van der Waals surface area contributed by atoms with E-state index in [9.17, 15) is 0 Å². The summed E-state index contributed by atoms with van der Waals surface area (Å²) in [5.74, 6) is 0. The number of hydrogen-bond donors (Lipinski definition) is 1. The summed E-state index contributed by atoms with van der Waals surface area (Å²) in [7, 11) is 0. The molecule has 2 N–H and O–H groups in total. The quantitative estimate of drug-likeness (QED) is 0.748. The predicted molar refractivity (Wildman–Crippen MR) is 72.2 cm³/mol. The van der Waals surface area contributed by atoms with Crippen LogP contribution in [0.15, 0.2) is 0 Å². The molecule has 0 spiro atoms. The van der Waals surface area contributed by atoms with Crippen molar-refractivity contribution in [2.24, 2.45) is 5.73 Å². The van der Waals surface area contributed by atoms with Crippen LogP contribution in [0.2, 0.25) is 0 Å². The lowest BCUT2D eigenvalue weighted by molar-refractivity contribution is -0.0534. The van der Waals surface area contributed by atoms with Gasteiger partial charge in [0.05, 0.1) is 12.7 Å². The molecule has 1 saturated heterocycles. The minimum atomic E-state index is 0.0621. The molecule has 0 aromatic rings. The van der Waals surface area contributed by atoms with Crippen LogP contribution in [0.3, 0.4) is 0 Å². The zero-order valence-electron chi connectivity index (χ0n) is 11.9. The first-order chi connectivity index (χ1) is 8.03. The van der Waals surface area contributed by atoms with Crippen molar-refractivity contribution in [1.29, 1.82) is 0 Å². The van der Waals surface area contributed by atoms with Gasteiger partial charge in [0.25, 0.3) is 0 Å². The first-order valence-corrected chi connectivity index (χ1v) is 6.82. The third kappa shape index (κ3) is 4.21. The molecule has 1 aliphatic rings. The predicted octanol–water partition coefficient (Wildman–Crippen LogP) is 0.766. The van der Waals surface area contributed by atoms with Crippen LogP contribution in [0, 0.1) is 0 Å². The molecule has 0 aliphatic carbocycles. The van der Waals surface area contributed by atoms with Gasteiger partial charge in [0, 0.05) is 31.7 Å². The molecule has 1 fully saturated rings. The van der Waals surface area contributed by atoms with Crippen LogP contribution in [-0.2, 0) is 4.74 Å². The van der Waals surface area contributed by atoms with E-state index in [-0.39, 0.29) is 5.54 Å². The number of rotatable bonds is 6. The molecule has 0 saturated carbocycles. The standard InChI is InChI=1S/C13H29N3O/c1-5-15-7-8-17-12(9-15)10-16(6-2)13(3,4)11-14/h12H,5-11,14H2,1-4H3. The Hall–Kier alpha value is -0.160. The van der Waals surface area contributed by atoms with Crippen LogP contribution in [-0.4, -0.2) is 67.3 Å². The maximum absolute atomic E-state index is 5.86. The Morgan fingerprint density at radius 3 is 2.65 bits per heavy atom. The Morgan fingerprint density at radius 2 is 2.12 bits per heavy atom. The summed E-state index contributed by atoms with van der Waals surface area (Å²) in [4.78, 5) is 4.88. The molecule has 0 amide bonds. The van der Waals surface area contributed by atoms with Gasteiger partial charge in [0.2, 0.25) is 0 Å². The fraction of sp³-hybridized carbons (Fsp3) is 1.00. The zero-order valence-corrected chi connectivity index (χ0v) is 11.9. The van der Waals surface area contributed by atoms with Crippen molar-refractivity contribution in [1.82, 2.24) is 9.80 Å². The van der Waals surface area contributed by atoms with E-state index in [1.807, 2.05) is 0 Å². The highest BCUT2D eigenvalue weighted by Crippen LogP contribution is 2.15. The summed E-state index contributed by atoms with van der Waals surface area (Å²) in [6, 6.07) is 0. The Morgan fingerprint density at radius 1 is 1.41 bits per heavy atom. The summed E-state index contributed by atoms with van der Waals surface area (Å²) in [5, 5.41) is 0.